The van der Waals surface area contributed by atoms with Gasteiger partial charge in [0.25, 0.3) is 0 Å². The van der Waals surface area contributed by atoms with Gasteiger partial charge in [0.1, 0.15) is 0 Å². The number of pyridine rings is 1. The quantitative estimate of drug-likeness (QED) is 0.852. The lowest BCUT2D eigenvalue weighted by atomic mass is 10.2. The summed E-state index contributed by atoms with van der Waals surface area (Å²) in [4.78, 5) is 13.9. The topological polar surface area (TPSA) is 65.9 Å². The standard InChI is InChI=1S/C9H6ClF3N2O2/c10-3-5-4-15-6(1-2-14)8(7(5)16)17-9(11,12)13/h4H,1,3H2,(H,15,16). The van der Waals surface area contributed by atoms with Crippen molar-refractivity contribution in [2.75, 3.05) is 0 Å². The smallest absolute Gasteiger partial charge is 0.400 e. The summed E-state index contributed by atoms with van der Waals surface area (Å²) in [5, 5.41) is 8.42. The number of hydrogen-bond donors (Lipinski definition) is 1. The van der Waals surface area contributed by atoms with Crippen LogP contribution in [0.1, 0.15) is 11.3 Å². The van der Waals surface area contributed by atoms with Crippen LogP contribution in [0.2, 0.25) is 0 Å². The Kier molecular flexibility index (Phi) is 4.02. The molecule has 4 nitrogen and oxygen atoms in total. The first-order valence-corrected chi connectivity index (χ1v) is 4.84. The van der Waals surface area contributed by atoms with Crippen LogP contribution in [0.25, 0.3) is 0 Å². The Morgan fingerprint density at radius 3 is 2.65 bits per heavy atom. The number of nitrogens with one attached hydrogen (secondary N) is 1. The van der Waals surface area contributed by atoms with Crippen LogP contribution in [0, 0.1) is 11.3 Å². The van der Waals surface area contributed by atoms with Crippen molar-refractivity contribution in [1.29, 1.82) is 5.26 Å². The molecule has 17 heavy (non-hydrogen) atoms. The average molecular weight is 267 g/mol. The van der Waals surface area contributed by atoms with Crippen molar-refractivity contribution in [3.8, 4) is 11.8 Å². The zero-order valence-corrected chi connectivity index (χ0v) is 9.02. The molecule has 92 valence electrons. The predicted molar refractivity (Wildman–Crippen MR) is 52.6 cm³/mol. The molecule has 0 aliphatic carbocycles. The van der Waals surface area contributed by atoms with Gasteiger partial charge in [0.2, 0.25) is 5.43 Å². The molecule has 0 aliphatic rings. The molecule has 0 saturated heterocycles. The van der Waals surface area contributed by atoms with E-state index >= 15 is 0 Å². The summed E-state index contributed by atoms with van der Waals surface area (Å²) in [7, 11) is 0. The lowest BCUT2D eigenvalue weighted by Gasteiger charge is -2.11. The maximum atomic E-state index is 12.1. The second-order valence-corrected chi connectivity index (χ2v) is 3.23. The molecule has 1 aromatic heterocycles. The van der Waals surface area contributed by atoms with Crippen molar-refractivity contribution in [1.82, 2.24) is 4.98 Å². The highest BCUT2D eigenvalue weighted by Crippen LogP contribution is 2.23. The summed E-state index contributed by atoms with van der Waals surface area (Å²) < 4.78 is 39.9. The van der Waals surface area contributed by atoms with Crippen LogP contribution in [0.3, 0.4) is 0 Å². The molecule has 0 amide bonds. The number of H-pyrrole nitrogens is 1. The Hall–Kier alpha value is -1.68. The van der Waals surface area contributed by atoms with E-state index in [0.29, 0.717) is 0 Å². The van der Waals surface area contributed by atoms with Gasteiger partial charge in [-0.3, -0.25) is 4.79 Å². The minimum Gasteiger partial charge on any atom is -0.400 e. The number of hydrogen-bond acceptors (Lipinski definition) is 3. The average Bonchev–Trinajstić information content (AvgIpc) is 2.22. The zero-order chi connectivity index (χ0) is 13.1. The van der Waals surface area contributed by atoms with E-state index in [4.69, 9.17) is 16.9 Å². The highest BCUT2D eigenvalue weighted by molar-refractivity contribution is 6.17. The third kappa shape index (κ3) is 3.39. The normalized spacial score (nSPS) is 11.0. The maximum Gasteiger partial charge on any atom is 0.573 e. The summed E-state index contributed by atoms with van der Waals surface area (Å²) in [6, 6.07) is 1.62. The Bertz CT molecular complexity index is 504. The summed E-state index contributed by atoms with van der Waals surface area (Å²) >= 11 is 5.38. The molecule has 0 spiro atoms. The Morgan fingerprint density at radius 1 is 1.53 bits per heavy atom. The lowest BCUT2D eigenvalue weighted by molar-refractivity contribution is -0.275. The molecule has 0 fully saturated rings. The van der Waals surface area contributed by atoms with Crippen molar-refractivity contribution in [3.05, 3.63) is 27.7 Å². The van der Waals surface area contributed by atoms with E-state index in [1.807, 2.05) is 0 Å². The van der Waals surface area contributed by atoms with E-state index in [2.05, 4.69) is 9.72 Å². The van der Waals surface area contributed by atoms with Gasteiger partial charge in [0.15, 0.2) is 5.75 Å². The Labute approximate surface area is 98.6 Å². The fraction of sp³-hybridized carbons (Fsp3) is 0.333. The van der Waals surface area contributed by atoms with Crippen LogP contribution in [0.5, 0.6) is 5.75 Å². The van der Waals surface area contributed by atoms with Gasteiger partial charge in [-0.2, -0.15) is 5.26 Å². The number of nitriles is 1. The van der Waals surface area contributed by atoms with E-state index in [0.717, 1.165) is 6.20 Å². The SMILES string of the molecule is N#CCc1[nH]cc(CCl)c(=O)c1OC(F)(F)F. The number of ether oxygens (including phenoxy) is 1. The van der Waals surface area contributed by atoms with E-state index in [9.17, 15) is 18.0 Å². The fourth-order valence-corrected chi connectivity index (χ4v) is 1.32. The van der Waals surface area contributed by atoms with Crippen LogP contribution >= 0.6 is 11.6 Å². The minimum absolute atomic E-state index is 0.0624. The van der Waals surface area contributed by atoms with E-state index < -0.39 is 24.0 Å². The van der Waals surface area contributed by atoms with Gasteiger partial charge in [-0.1, -0.05) is 0 Å². The highest BCUT2D eigenvalue weighted by Gasteiger charge is 2.33. The highest BCUT2D eigenvalue weighted by atomic mass is 35.5. The van der Waals surface area contributed by atoms with Gasteiger partial charge >= 0.3 is 6.36 Å². The molecule has 1 rings (SSSR count). The van der Waals surface area contributed by atoms with Gasteiger partial charge in [0.05, 0.1) is 24.1 Å². The second-order valence-electron chi connectivity index (χ2n) is 2.97. The minimum atomic E-state index is -5.00. The molecular weight excluding hydrogens is 261 g/mol. The maximum absolute atomic E-state index is 12.1. The summed E-state index contributed by atoms with van der Waals surface area (Å²) in [5.41, 5.74) is -1.27. The van der Waals surface area contributed by atoms with Crippen LogP contribution < -0.4 is 10.2 Å². The molecule has 1 N–H and O–H groups in total. The molecule has 1 heterocycles. The number of halogens is 4. The second kappa shape index (κ2) is 5.10. The summed E-state index contributed by atoms with van der Waals surface area (Å²) in [5.74, 6) is -1.19. The molecule has 0 atom stereocenters. The monoisotopic (exact) mass is 266 g/mol. The Morgan fingerprint density at radius 2 is 2.18 bits per heavy atom. The molecule has 0 saturated carbocycles. The third-order valence-corrected chi connectivity index (χ3v) is 2.10. The number of nitrogens with zero attached hydrogens (tertiary/aromatic N) is 1. The number of alkyl halides is 4. The first kappa shape index (κ1) is 13.4. The van der Waals surface area contributed by atoms with Crippen LogP contribution in [0.15, 0.2) is 11.0 Å². The fourth-order valence-electron chi connectivity index (χ4n) is 1.12. The molecule has 0 radical (unpaired) electrons. The van der Waals surface area contributed by atoms with Gasteiger partial charge in [0, 0.05) is 11.8 Å². The van der Waals surface area contributed by atoms with E-state index in [-0.39, 0.29) is 17.1 Å². The van der Waals surface area contributed by atoms with Crippen molar-refractivity contribution in [3.63, 3.8) is 0 Å². The molecule has 0 aliphatic heterocycles. The van der Waals surface area contributed by atoms with Crippen molar-refractivity contribution in [2.24, 2.45) is 0 Å². The van der Waals surface area contributed by atoms with E-state index in [1.165, 1.54) is 0 Å². The number of aromatic amines is 1. The third-order valence-electron chi connectivity index (χ3n) is 1.81. The molecule has 0 bridgehead atoms. The van der Waals surface area contributed by atoms with Gasteiger partial charge < -0.3 is 9.72 Å². The van der Waals surface area contributed by atoms with E-state index in [1.54, 1.807) is 6.07 Å². The largest absolute Gasteiger partial charge is 0.573 e. The number of rotatable bonds is 3. The van der Waals surface area contributed by atoms with Crippen molar-refractivity contribution < 1.29 is 17.9 Å². The molecule has 0 unspecified atom stereocenters. The summed E-state index contributed by atoms with van der Waals surface area (Å²) in [6.45, 7) is 0. The number of aromatic nitrogens is 1. The molecule has 8 heteroatoms. The molecule has 1 aromatic rings. The van der Waals surface area contributed by atoms with Gasteiger partial charge in [-0.05, 0) is 0 Å². The first-order chi connectivity index (χ1) is 7.89. The zero-order valence-electron chi connectivity index (χ0n) is 8.27. The predicted octanol–water partition coefficient (Wildman–Crippen LogP) is 2.08. The molecular formula is C9H6ClF3N2O2. The van der Waals surface area contributed by atoms with Crippen LogP contribution in [-0.2, 0) is 12.3 Å². The van der Waals surface area contributed by atoms with Crippen molar-refractivity contribution >= 4 is 11.6 Å². The van der Waals surface area contributed by atoms with Crippen LogP contribution in [0.4, 0.5) is 13.2 Å². The van der Waals surface area contributed by atoms with Crippen molar-refractivity contribution in [2.45, 2.75) is 18.7 Å². The van der Waals surface area contributed by atoms with Crippen LogP contribution in [-0.4, -0.2) is 11.3 Å². The van der Waals surface area contributed by atoms with Gasteiger partial charge in [-0.15, -0.1) is 24.8 Å². The lowest BCUT2D eigenvalue weighted by Crippen LogP contribution is -2.25. The van der Waals surface area contributed by atoms with Gasteiger partial charge in [-0.25, -0.2) is 0 Å². The molecule has 0 aromatic carbocycles. The summed E-state index contributed by atoms with van der Waals surface area (Å²) in [6.07, 6.45) is -4.24. The first-order valence-electron chi connectivity index (χ1n) is 4.31. The Balaban J connectivity index is 3.31.